The van der Waals surface area contributed by atoms with Crippen molar-refractivity contribution in [2.75, 3.05) is 30.7 Å². The molecule has 0 spiro atoms. The van der Waals surface area contributed by atoms with E-state index in [-0.39, 0.29) is 24.5 Å². The topological polar surface area (TPSA) is 78.6 Å². The van der Waals surface area contributed by atoms with E-state index in [1.54, 1.807) is 18.2 Å². The van der Waals surface area contributed by atoms with E-state index in [4.69, 9.17) is 22.4 Å². The average Bonchev–Trinajstić information content (AvgIpc) is 2.42. The average molecular weight is 314 g/mol. The summed E-state index contributed by atoms with van der Waals surface area (Å²) in [6.07, 6.45) is 0. The van der Waals surface area contributed by atoms with Crippen LogP contribution in [0.15, 0.2) is 18.2 Å². The van der Waals surface area contributed by atoms with Crippen LogP contribution in [0.4, 0.5) is 11.4 Å². The lowest BCUT2D eigenvalue weighted by atomic mass is 10.0. The van der Waals surface area contributed by atoms with E-state index in [9.17, 15) is 4.79 Å². The second-order valence-electron chi connectivity index (χ2n) is 5.27. The maximum Gasteiger partial charge on any atom is 0.241 e. The monoisotopic (exact) mass is 313 g/mol. The zero-order valence-corrected chi connectivity index (χ0v) is 13.5. The Bertz CT molecular complexity index is 480. The van der Waals surface area contributed by atoms with Gasteiger partial charge in [0.2, 0.25) is 5.91 Å². The lowest BCUT2D eigenvalue weighted by Crippen LogP contribution is -2.48. The Balaban J connectivity index is 2.88. The number of likely N-dealkylation sites (N-methyl/N-ethyl adjacent to an activating group) is 1. The predicted octanol–water partition coefficient (Wildman–Crippen LogP) is 2.20. The van der Waals surface area contributed by atoms with Crippen molar-refractivity contribution in [2.24, 2.45) is 5.92 Å². The van der Waals surface area contributed by atoms with Gasteiger partial charge in [-0.3, -0.25) is 9.69 Å². The number of nitrogens with two attached hydrogens (primary N) is 1. The highest BCUT2D eigenvalue weighted by molar-refractivity contribution is 6.33. The number of carbonyl (C=O) groups excluding carboxylic acids is 1. The second kappa shape index (κ2) is 8.22. The molecular formula is C15H24ClN3O2. The third-order valence-corrected chi connectivity index (χ3v) is 3.69. The molecular weight excluding hydrogens is 290 g/mol. The molecule has 5 nitrogen and oxygen atoms in total. The van der Waals surface area contributed by atoms with E-state index in [2.05, 4.69) is 5.32 Å². The number of nitrogens with zero attached hydrogens (tertiary/aromatic N) is 1. The molecule has 1 amide bonds. The van der Waals surface area contributed by atoms with Gasteiger partial charge in [-0.25, -0.2) is 0 Å². The van der Waals surface area contributed by atoms with Gasteiger partial charge < -0.3 is 16.2 Å². The van der Waals surface area contributed by atoms with Crippen LogP contribution in [0.2, 0.25) is 5.02 Å². The lowest BCUT2D eigenvalue weighted by molar-refractivity contribution is -0.122. The number of anilines is 2. The van der Waals surface area contributed by atoms with Crippen LogP contribution in [-0.4, -0.2) is 41.7 Å². The van der Waals surface area contributed by atoms with Crippen LogP contribution in [0.3, 0.4) is 0 Å². The van der Waals surface area contributed by atoms with Crippen LogP contribution in [0, 0.1) is 5.92 Å². The summed E-state index contributed by atoms with van der Waals surface area (Å²) >= 11 is 5.87. The summed E-state index contributed by atoms with van der Waals surface area (Å²) in [4.78, 5) is 14.5. The van der Waals surface area contributed by atoms with Crippen LogP contribution in [-0.2, 0) is 4.79 Å². The Kier molecular flexibility index (Phi) is 6.95. The molecule has 0 aromatic heterocycles. The molecule has 0 saturated carbocycles. The zero-order chi connectivity index (χ0) is 16.0. The van der Waals surface area contributed by atoms with E-state index >= 15 is 0 Å². The molecule has 1 atom stereocenters. The predicted molar refractivity (Wildman–Crippen MR) is 87.5 cm³/mol. The van der Waals surface area contributed by atoms with Crippen molar-refractivity contribution in [1.29, 1.82) is 0 Å². The van der Waals surface area contributed by atoms with Crippen molar-refractivity contribution in [3.8, 4) is 0 Å². The fourth-order valence-electron chi connectivity index (χ4n) is 2.35. The molecule has 4 N–H and O–H groups in total. The number of hydrogen-bond acceptors (Lipinski definition) is 4. The summed E-state index contributed by atoms with van der Waals surface area (Å²) in [5.41, 5.74) is 6.79. The van der Waals surface area contributed by atoms with Crippen LogP contribution in [0.25, 0.3) is 0 Å². The maximum atomic E-state index is 12.5. The first kappa shape index (κ1) is 17.8. The molecule has 0 aliphatic rings. The minimum atomic E-state index is -0.306. The quantitative estimate of drug-likeness (QED) is 0.674. The smallest absolute Gasteiger partial charge is 0.241 e. The highest BCUT2D eigenvalue weighted by atomic mass is 35.5. The van der Waals surface area contributed by atoms with E-state index < -0.39 is 0 Å². The Morgan fingerprint density at radius 3 is 2.62 bits per heavy atom. The standard InChI is InChI=1S/C15H24ClN3O2/c1-4-19(7-8-20)14(10(2)3)15(21)18-11-5-6-12(16)13(17)9-11/h5-6,9-10,14,20H,4,7-8,17H2,1-3H3,(H,18,21). The highest BCUT2D eigenvalue weighted by Gasteiger charge is 2.27. The van der Waals surface area contributed by atoms with Gasteiger partial charge in [-0.15, -0.1) is 0 Å². The fourth-order valence-corrected chi connectivity index (χ4v) is 2.47. The van der Waals surface area contributed by atoms with E-state index in [0.29, 0.717) is 29.5 Å². The van der Waals surface area contributed by atoms with Gasteiger partial charge in [0.25, 0.3) is 0 Å². The summed E-state index contributed by atoms with van der Waals surface area (Å²) in [5.74, 6) is 0.0168. The molecule has 1 aromatic rings. The van der Waals surface area contributed by atoms with Crippen molar-refractivity contribution in [2.45, 2.75) is 26.8 Å². The fraction of sp³-hybridized carbons (Fsp3) is 0.533. The first-order chi connectivity index (χ1) is 9.90. The number of rotatable bonds is 7. The third kappa shape index (κ3) is 4.88. The lowest BCUT2D eigenvalue weighted by Gasteiger charge is -2.32. The minimum absolute atomic E-state index is 0.0260. The van der Waals surface area contributed by atoms with Gasteiger partial charge in [-0.1, -0.05) is 32.4 Å². The minimum Gasteiger partial charge on any atom is -0.397 e. The summed E-state index contributed by atoms with van der Waals surface area (Å²) in [7, 11) is 0. The summed E-state index contributed by atoms with van der Waals surface area (Å²) in [6, 6.07) is 4.71. The third-order valence-electron chi connectivity index (χ3n) is 3.35. The number of nitrogen functional groups attached to an aromatic ring is 1. The number of carbonyl (C=O) groups is 1. The Morgan fingerprint density at radius 1 is 1.48 bits per heavy atom. The van der Waals surface area contributed by atoms with Crippen molar-refractivity contribution in [1.82, 2.24) is 4.90 Å². The van der Waals surface area contributed by atoms with Gasteiger partial charge >= 0.3 is 0 Å². The van der Waals surface area contributed by atoms with E-state index in [0.717, 1.165) is 0 Å². The van der Waals surface area contributed by atoms with Crippen LogP contribution >= 0.6 is 11.6 Å². The van der Waals surface area contributed by atoms with Crippen molar-refractivity contribution in [3.63, 3.8) is 0 Å². The molecule has 0 fully saturated rings. The molecule has 1 rings (SSSR count). The molecule has 1 aromatic carbocycles. The number of nitrogens with one attached hydrogen (secondary N) is 1. The number of amides is 1. The number of benzene rings is 1. The molecule has 0 saturated heterocycles. The molecule has 0 aliphatic heterocycles. The van der Waals surface area contributed by atoms with Gasteiger partial charge in [-0.2, -0.15) is 0 Å². The molecule has 0 heterocycles. The number of hydrogen-bond donors (Lipinski definition) is 3. The van der Waals surface area contributed by atoms with E-state index in [1.807, 2.05) is 25.7 Å². The van der Waals surface area contributed by atoms with Gasteiger partial charge in [-0.05, 0) is 30.7 Å². The van der Waals surface area contributed by atoms with Crippen LogP contribution in [0.1, 0.15) is 20.8 Å². The Morgan fingerprint density at radius 2 is 2.14 bits per heavy atom. The van der Waals surface area contributed by atoms with Gasteiger partial charge in [0.15, 0.2) is 0 Å². The molecule has 0 bridgehead atoms. The normalized spacial score (nSPS) is 12.7. The van der Waals surface area contributed by atoms with Gasteiger partial charge in [0.05, 0.1) is 23.4 Å². The number of halogens is 1. The van der Waals surface area contributed by atoms with Gasteiger partial charge in [0.1, 0.15) is 0 Å². The Labute approximate surface area is 131 Å². The van der Waals surface area contributed by atoms with Crippen molar-refractivity contribution < 1.29 is 9.90 Å². The summed E-state index contributed by atoms with van der Waals surface area (Å²) in [5, 5.41) is 12.5. The molecule has 6 heteroatoms. The van der Waals surface area contributed by atoms with Crippen molar-refractivity contribution in [3.05, 3.63) is 23.2 Å². The zero-order valence-electron chi connectivity index (χ0n) is 12.8. The SMILES string of the molecule is CCN(CCO)C(C(=O)Nc1ccc(Cl)c(N)c1)C(C)C. The summed E-state index contributed by atoms with van der Waals surface area (Å²) in [6.45, 7) is 7.13. The van der Waals surface area contributed by atoms with Crippen LogP contribution < -0.4 is 11.1 Å². The first-order valence-corrected chi connectivity index (χ1v) is 7.49. The van der Waals surface area contributed by atoms with Gasteiger partial charge in [0, 0.05) is 12.2 Å². The highest BCUT2D eigenvalue weighted by Crippen LogP contribution is 2.23. The van der Waals surface area contributed by atoms with Crippen molar-refractivity contribution >= 4 is 28.9 Å². The second-order valence-corrected chi connectivity index (χ2v) is 5.67. The molecule has 0 aliphatic carbocycles. The maximum absolute atomic E-state index is 12.5. The first-order valence-electron chi connectivity index (χ1n) is 7.11. The summed E-state index contributed by atoms with van der Waals surface area (Å²) < 4.78 is 0. The molecule has 118 valence electrons. The van der Waals surface area contributed by atoms with E-state index in [1.165, 1.54) is 0 Å². The van der Waals surface area contributed by atoms with Crippen LogP contribution in [0.5, 0.6) is 0 Å². The molecule has 0 radical (unpaired) electrons. The number of aliphatic hydroxyl groups excluding tert-OH is 1. The Hall–Kier alpha value is -1.30. The largest absolute Gasteiger partial charge is 0.397 e. The number of aliphatic hydroxyl groups is 1. The molecule has 1 unspecified atom stereocenters. The molecule has 21 heavy (non-hydrogen) atoms.